The van der Waals surface area contributed by atoms with Crippen LogP contribution in [-0.2, 0) is 11.3 Å². The van der Waals surface area contributed by atoms with E-state index in [9.17, 15) is 4.79 Å². The quantitative estimate of drug-likeness (QED) is 0.927. The molecule has 0 saturated carbocycles. The number of fused-ring (bicyclic) bond motifs is 1. The molecule has 2 heterocycles. The van der Waals surface area contributed by atoms with Gasteiger partial charge in [-0.1, -0.05) is 30.3 Å². The SMILES string of the molecule is C[C@@H](N)C(=O)N1CCC2C(CCCN2Cc2ccccc2)C1. The fourth-order valence-corrected chi connectivity index (χ4v) is 4.01. The number of rotatable bonds is 3. The molecular formula is C18H27N3O. The Morgan fingerprint density at radius 2 is 2.05 bits per heavy atom. The normalized spacial score (nSPS) is 27.3. The second-order valence-corrected chi connectivity index (χ2v) is 6.79. The molecule has 0 radical (unpaired) electrons. The summed E-state index contributed by atoms with van der Waals surface area (Å²) in [6.45, 7) is 5.74. The Balaban J connectivity index is 1.64. The van der Waals surface area contributed by atoms with Gasteiger partial charge in [-0.15, -0.1) is 0 Å². The Morgan fingerprint density at radius 1 is 1.27 bits per heavy atom. The van der Waals surface area contributed by atoms with Gasteiger partial charge in [-0.2, -0.15) is 0 Å². The van der Waals surface area contributed by atoms with Crippen molar-refractivity contribution in [3.63, 3.8) is 0 Å². The van der Waals surface area contributed by atoms with E-state index in [0.717, 1.165) is 26.1 Å². The van der Waals surface area contributed by atoms with Crippen LogP contribution < -0.4 is 5.73 Å². The summed E-state index contributed by atoms with van der Waals surface area (Å²) in [5.74, 6) is 0.715. The molecule has 4 nitrogen and oxygen atoms in total. The van der Waals surface area contributed by atoms with Crippen molar-refractivity contribution >= 4 is 5.91 Å². The molecule has 1 aromatic rings. The van der Waals surface area contributed by atoms with Crippen molar-refractivity contribution in [3.8, 4) is 0 Å². The fraction of sp³-hybridized carbons (Fsp3) is 0.611. The maximum absolute atomic E-state index is 12.1. The molecule has 2 unspecified atom stereocenters. The van der Waals surface area contributed by atoms with Crippen molar-refractivity contribution in [1.29, 1.82) is 0 Å². The Labute approximate surface area is 133 Å². The molecule has 1 aromatic carbocycles. The lowest BCUT2D eigenvalue weighted by molar-refractivity contribution is -0.136. The molecule has 2 aliphatic rings. The van der Waals surface area contributed by atoms with Gasteiger partial charge in [0.15, 0.2) is 0 Å². The Hall–Kier alpha value is -1.39. The summed E-state index contributed by atoms with van der Waals surface area (Å²) >= 11 is 0. The van der Waals surface area contributed by atoms with Crippen LogP contribution in [0.25, 0.3) is 0 Å². The maximum Gasteiger partial charge on any atom is 0.239 e. The van der Waals surface area contributed by atoms with Crippen molar-refractivity contribution in [1.82, 2.24) is 9.80 Å². The van der Waals surface area contributed by atoms with E-state index in [0.29, 0.717) is 12.0 Å². The molecular weight excluding hydrogens is 274 g/mol. The first-order valence-electron chi connectivity index (χ1n) is 8.47. The minimum atomic E-state index is -0.374. The lowest BCUT2D eigenvalue weighted by Crippen LogP contribution is -2.56. The largest absolute Gasteiger partial charge is 0.341 e. The number of nitrogens with two attached hydrogens (primary N) is 1. The van der Waals surface area contributed by atoms with E-state index in [-0.39, 0.29) is 11.9 Å². The lowest BCUT2D eigenvalue weighted by atomic mass is 9.83. The third kappa shape index (κ3) is 3.33. The van der Waals surface area contributed by atoms with Crippen molar-refractivity contribution in [3.05, 3.63) is 35.9 Å². The molecule has 0 aromatic heterocycles. The van der Waals surface area contributed by atoms with E-state index in [2.05, 4.69) is 35.2 Å². The van der Waals surface area contributed by atoms with Gasteiger partial charge in [0, 0.05) is 25.7 Å². The predicted octanol–water partition coefficient (Wildman–Crippen LogP) is 1.85. The maximum atomic E-state index is 12.1. The first kappa shape index (κ1) is 15.5. The average molecular weight is 301 g/mol. The van der Waals surface area contributed by atoms with Crippen LogP contribution in [0.15, 0.2) is 30.3 Å². The molecule has 2 N–H and O–H groups in total. The van der Waals surface area contributed by atoms with E-state index in [1.807, 2.05) is 4.90 Å². The van der Waals surface area contributed by atoms with Crippen LogP contribution in [0.5, 0.6) is 0 Å². The van der Waals surface area contributed by atoms with Crippen molar-refractivity contribution < 1.29 is 4.79 Å². The summed E-state index contributed by atoms with van der Waals surface area (Å²) in [6, 6.07) is 10.9. The molecule has 0 bridgehead atoms. The number of carbonyl (C=O) groups is 1. The first-order chi connectivity index (χ1) is 10.6. The molecule has 0 spiro atoms. The van der Waals surface area contributed by atoms with Gasteiger partial charge in [0.1, 0.15) is 0 Å². The zero-order valence-corrected chi connectivity index (χ0v) is 13.4. The minimum Gasteiger partial charge on any atom is -0.341 e. The Kier molecular flexibility index (Phi) is 4.79. The van der Waals surface area contributed by atoms with E-state index < -0.39 is 0 Å². The summed E-state index contributed by atoms with van der Waals surface area (Å²) in [5, 5.41) is 0. The standard InChI is InChI=1S/C18H27N3O/c1-14(19)18(22)21-11-9-17-16(13-21)8-5-10-20(17)12-15-6-3-2-4-7-15/h2-4,6-7,14,16-17H,5,8-13,19H2,1H3/t14-,16?,17?/m1/s1. The third-order valence-electron chi connectivity index (χ3n) is 5.11. The molecule has 3 atom stereocenters. The first-order valence-corrected chi connectivity index (χ1v) is 8.47. The lowest BCUT2D eigenvalue weighted by Gasteiger charge is -2.47. The number of amides is 1. The van der Waals surface area contributed by atoms with Gasteiger partial charge in [0.25, 0.3) is 0 Å². The number of hydrogen-bond donors (Lipinski definition) is 1. The second-order valence-electron chi connectivity index (χ2n) is 6.79. The highest BCUT2D eigenvalue weighted by molar-refractivity contribution is 5.81. The Morgan fingerprint density at radius 3 is 2.77 bits per heavy atom. The number of likely N-dealkylation sites (tertiary alicyclic amines) is 2. The van der Waals surface area contributed by atoms with Crippen LogP contribution in [0.1, 0.15) is 31.7 Å². The summed E-state index contributed by atoms with van der Waals surface area (Å²) in [6.07, 6.45) is 3.54. The number of nitrogens with zero attached hydrogens (tertiary/aromatic N) is 2. The van der Waals surface area contributed by atoms with E-state index in [4.69, 9.17) is 5.73 Å². The van der Waals surface area contributed by atoms with Gasteiger partial charge >= 0.3 is 0 Å². The second kappa shape index (κ2) is 6.80. The minimum absolute atomic E-state index is 0.110. The molecule has 3 rings (SSSR count). The van der Waals surface area contributed by atoms with Gasteiger partial charge in [-0.05, 0) is 44.2 Å². The highest BCUT2D eigenvalue weighted by Crippen LogP contribution is 2.31. The average Bonchev–Trinajstić information content (AvgIpc) is 2.55. The molecule has 2 aliphatic heterocycles. The number of benzene rings is 1. The number of carbonyl (C=O) groups excluding carboxylic acids is 1. The predicted molar refractivity (Wildman–Crippen MR) is 88.2 cm³/mol. The van der Waals surface area contributed by atoms with Crippen molar-refractivity contribution in [2.75, 3.05) is 19.6 Å². The van der Waals surface area contributed by atoms with Crippen LogP contribution in [0.2, 0.25) is 0 Å². The van der Waals surface area contributed by atoms with E-state index in [1.165, 1.54) is 24.9 Å². The summed E-state index contributed by atoms with van der Waals surface area (Å²) in [5.41, 5.74) is 7.15. The molecule has 2 fully saturated rings. The van der Waals surface area contributed by atoms with Gasteiger partial charge in [-0.25, -0.2) is 0 Å². The van der Waals surface area contributed by atoms with Gasteiger partial charge in [0.05, 0.1) is 6.04 Å². The summed E-state index contributed by atoms with van der Waals surface area (Å²) in [7, 11) is 0. The Bertz CT molecular complexity index is 502. The molecule has 120 valence electrons. The summed E-state index contributed by atoms with van der Waals surface area (Å²) in [4.78, 5) is 16.7. The van der Waals surface area contributed by atoms with Gasteiger partial charge < -0.3 is 10.6 Å². The zero-order chi connectivity index (χ0) is 15.5. The number of piperidine rings is 2. The molecule has 4 heteroatoms. The molecule has 1 amide bonds. The molecule has 2 saturated heterocycles. The number of hydrogen-bond acceptors (Lipinski definition) is 3. The molecule has 0 aliphatic carbocycles. The van der Waals surface area contributed by atoms with Crippen LogP contribution in [0.3, 0.4) is 0 Å². The van der Waals surface area contributed by atoms with Crippen LogP contribution >= 0.6 is 0 Å². The third-order valence-corrected chi connectivity index (χ3v) is 5.11. The summed E-state index contributed by atoms with van der Waals surface area (Å²) < 4.78 is 0. The van der Waals surface area contributed by atoms with E-state index in [1.54, 1.807) is 6.92 Å². The highest BCUT2D eigenvalue weighted by atomic mass is 16.2. The molecule has 22 heavy (non-hydrogen) atoms. The monoisotopic (exact) mass is 301 g/mol. The van der Waals surface area contributed by atoms with Crippen molar-refractivity contribution in [2.24, 2.45) is 11.7 Å². The van der Waals surface area contributed by atoms with Crippen molar-refractivity contribution in [2.45, 2.75) is 44.8 Å². The van der Waals surface area contributed by atoms with E-state index >= 15 is 0 Å². The highest BCUT2D eigenvalue weighted by Gasteiger charge is 2.37. The van der Waals surface area contributed by atoms with Crippen LogP contribution in [0.4, 0.5) is 0 Å². The van der Waals surface area contributed by atoms with Gasteiger partial charge in [0.2, 0.25) is 5.91 Å². The van der Waals surface area contributed by atoms with Crippen LogP contribution in [-0.4, -0.2) is 47.4 Å². The fourth-order valence-electron chi connectivity index (χ4n) is 4.01. The zero-order valence-electron chi connectivity index (χ0n) is 13.4. The smallest absolute Gasteiger partial charge is 0.239 e. The van der Waals surface area contributed by atoms with Crippen LogP contribution in [0, 0.1) is 5.92 Å². The van der Waals surface area contributed by atoms with Gasteiger partial charge in [-0.3, -0.25) is 9.69 Å². The topological polar surface area (TPSA) is 49.6 Å².